The van der Waals surface area contributed by atoms with Crippen molar-refractivity contribution in [1.82, 2.24) is 14.7 Å². The highest BCUT2D eigenvalue weighted by Crippen LogP contribution is 2.44. The molecule has 0 aliphatic carbocycles. The molecule has 5 nitrogen and oxygen atoms in total. The number of anilines is 3. The van der Waals surface area contributed by atoms with Crippen LogP contribution in [-0.2, 0) is 6.54 Å². The van der Waals surface area contributed by atoms with Crippen molar-refractivity contribution in [2.75, 3.05) is 37.5 Å². The molecular weight excluding hydrogens is 322 g/mol. The van der Waals surface area contributed by atoms with E-state index >= 15 is 0 Å². The maximum Gasteiger partial charge on any atom is 0.110 e. The molecule has 0 atom stereocenters. The first-order valence-corrected chi connectivity index (χ1v) is 8.91. The van der Waals surface area contributed by atoms with Crippen LogP contribution >= 0.6 is 0 Å². The fraction of sp³-hybridized carbons (Fsp3) is 0.286. The number of likely N-dealkylation sites (N-methyl/N-ethyl adjacent to an activating group) is 1. The number of aromatic nitrogens is 2. The van der Waals surface area contributed by atoms with E-state index < -0.39 is 0 Å². The summed E-state index contributed by atoms with van der Waals surface area (Å²) in [6, 6.07) is 15.0. The van der Waals surface area contributed by atoms with Gasteiger partial charge in [0.05, 0.1) is 29.1 Å². The molecule has 2 heterocycles. The van der Waals surface area contributed by atoms with Crippen LogP contribution in [0.1, 0.15) is 5.69 Å². The highest BCUT2D eigenvalue weighted by Gasteiger charge is 2.28. The largest absolute Gasteiger partial charge is 0.329 e. The number of hydrogen-bond acceptors (Lipinski definition) is 4. The monoisotopic (exact) mass is 347 g/mol. The lowest BCUT2D eigenvalue weighted by Gasteiger charge is -2.22. The molecule has 0 amide bonds. The van der Waals surface area contributed by atoms with Crippen LogP contribution in [0.25, 0.3) is 10.9 Å². The molecular formula is C21H25N5. The SMILES string of the molecule is C=C1N(C)c2ccccc2N1c1ccc2c(c1)c(C)nn2CCN(C)C. The van der Waals surface area contributed by atoms with Gasteiger partial charge in [-0.1, -0.05) is 18.7 Å². The summed E-state index contributed by atoms with van der Waals surface area (Å²) in [7, 11) is 6.23. The molecule has 0 saturated carbocycles. The minimum absolute atomic E-state index is 0.888. The fourth-order valence-electron chi connectivity index (χ4n) is 3.59. The van der Waals surface area contributed by atoms with Crippen molar-refractivity contribution >= 4 is 28.0 Å². The summed E-state index contributed by atoms with van der Waals surface area (Å²) >= 11 is 0. The molecule has 0 N–H and O–H groups in total. The molecule has 0 bridgehead atoms. The van der Waals surface area contributed by atoms with Crippen molar-refractivity contribution in [3.8, 4) is 0 Å². The van der Waals surface area contributed by atoms with Gasteiger partial charge in [0, 0.05) is 24.7 Å². The van der Waals surface area contributed by atoms with E-state index in [1.807, 2.05) is 0 Å². The molecule has 1 aliphatic rings. The van der Waals surface area contributed by atoms with Gasteiger partial charge in [-0.3, -0.25) is 9.58 Å². The Balaban J connectivity index is 1.77. The van der Waals surface area contributed by atoms with Crippen LogP contribution < -0.4 is 9.80 Å². The summed E-state index contributed by atoms with van der Waals surface area (Å²) in [4.78, 5) is 6.52. The third-order valence-electron chi connectivity index (χ3n) is 5.07. The first-order valence-electron chi connectivity index (χ1n) is 8.91. The smallest absolute Gasteiger partial charge is 0.110 e. The first-order chi connectivity index (χ1) is 12.5. The maximum atomic E-state index is 4.75. The van der Waals surface area contributed by atoms with Gasteiger partial charge < -0.3 is 9.80 Å². The number of fused-ring (bicyclic) bond motifs is 2. The van der Waals surface area contributed by atoms with Gasteiger partial charge in [0.15, 0.2) is 0 Å². The van der Waals surface area contributed by atoms with E-state index in [9.17, 15) is 0 Å². The predicted molar refractivity (Wildman–Crippen MR) is 109 cm³/mol. The topological polar surface area (TPSA) is 27.5 Å². The number of nitrogens with zero attached hydrogens (tertiary/aromatic N) is 5. The molecule has 3 aromatic rings. The summed E-state index contributed by atoms with van der Waals surface area (Å²) in [6.07, 6.45) is 0. The molecule has 0 saturated heterocycles. The standard InChI is InChI=1S/C21H25N5/c1-15-18-14-17(10-11-19(18)25(22-15)13-12-23(3)4)26-16(2)24(5)20-8-6-7-9-21(20)26/h6-11,14H,2,12-13H2,1,3-5H3. The number of benzene rings is 2. The Morgan fingerprint density at radius 2 is 1.81 bits per heavy atom. The normalized spacial score (nSPS) is 14.0. The van der Waals surface area contributed by atoms with Crippen molar-refractivity contribution in [1.29, 1.82) is 0 Å². The number of para-hydroxylation sites is 2. The third kappa shape index (κ3) is 2.56. The minimum atomic E-state index is 0.888. The van der Waals surface area contributed by atoms with Crippen LogP contribution in [0.3, 0.4) is 0 Å². The molecule has 26 heavy (non-hydrogen) atoms. The molecule has 1 aromatic heterocycles. The fourth-order valence-corrected chi connectivity index (χ4v) is 3.59. The Labute approximate surface area is 154 Å². The Morgan fingerprint density at radius 3 is 2.54 bits per heavy atom. The lowest BCUT2D eigenvalue weighted by Crippen LogP contribution is -2.20. The molecule has 0 fully saturated rings. The van der Waals surface area contributed by atoms with Crippen LogP contribution in [-0.4, -0.2) is 42.4 Å². The van der Waals surface area contributed by atoms with E-state index in [4.69, 9.17) is 5.10 Å². The highest BCUT2D eigenvalue weighted by atomic mass is 15.4. The van der Waals surface area contributed by atoms with Gasteiger partial charge in [0.1, 0.15) is 5.82 Å². The second-order valence-corrected chi connectivity index (χ2v) is 7.11. The molecule has 0 unspecified atom stereocenters. The summed E-state index contributed by atoms with van der Waals surface area (Å²) in [6.45, 7) is 8.23. The van der Waals surface area contributed by atoms with E-state index in [2.05, 4.69) is 96.5 Å². The number of hydrogen-bond donors (Lipinski definition) is 0. The van der Waals surface area contributed by atoms with Crippen molar-refractivity contribution < 1.29 is 0 Å². The van der Waals surface area contributed by atoms with Crippen LogP contribution in [0.15, 0.2) is 54.9 Å². The van der Waals surface area contributed by atoms with Gasteiger partial charge in [-0.25, -0.2) is 0 Å². The van der Waals surface area contributed by atoms with Gasteiger partial charge in [-0.05, 0) is 51.4 Å². The Bertz CT molecular complexity index is 985. The van der Waals surface area contributed by atoms with Crippen LogP contribution in [0.4, 0.5) is 17.1 Å². The minimum Gasteiger partial charge on any atom is -0.329 e. The Hall–Kier alpha value is -2.79. The van der Waals surface area contributed by atoms with E-state index in [1.165, 1.54) is 16.6 Å². The summed E-state index contributed by atoms with van der Waals surface area (Å²) in [5.74, 6) is 0.961. The zero-order chi connectivity index (χ0) is 18.4. The first kappa shape index (κ1) is 16.7. The zero-order valence-corrected chi connectivity index (χ0v) is 15.9. The van der Waals surface area contributed by atoms with Crippen molar-refractivity contribution in [3.63, 3.8) is 0 Å². The molecule has 4 rings (SSSR count). The Morgan fingerprint density at radius 1 is 1.08 bits per heavy atom. The number of rotatable bonds is 4. The second-order valence-electron chi connectivity index (χ2n) is 7.11. The van der Waals surface area contributed by atoms with E-state index in [-0.39, 0.29) is 0 Å². The molecule has 0 radical (unpaired) electrons. The predicted octanol–water partition coefficient (Wildman–Crippen LogP) is 3.97. The lowest BCUT2D eigenvalue weighted by molar-refractivity contribution is 0.376. The van der Waals surface area contributed by atoms with E-state index in [1.54, 1.807) is 0 Å². The molecule has 134 valence electrons. The van der Waals surface area contributed by atoms with Gasteiger partial charge in [0.25, 0.3) is 0 Å². The van der Waals surface area contributed by atoms with Gasteiger partial charge in [0.2, 0.25) is 0 Å². The average Bonchev–Trinajstić information content (AvgIpc) is 3.08. The summed E-state index contributed by atoms with van der Waals surface area (Å²) in [5.41, 5.74) is 5.70. The van der Waals surface area contributed by atoms with Gasteiger partial charge in [-0.15, -0.1) is 0 Å². The zero-order valence-electron chi connectivity index (χ0n) is 15.9. The second kappa shape index (κ2) is 6.18. The third-order valence-corrected chi connectivity index (χ3v) is 5.07. The molecule has 2 aromatic carbocycles. The van der Waals surface area contributed by atoms with E-state index in [0.29, 0.717) is 0 Å². The summed E-state index contributed by atoms with van der Waals surface area (Å²) in [5, 5.41) is 5.94. The number of aryl methyl sites for hydroxylation is 1. The molecule has 5 heteroatoms. The highest BCUT2D eigenvalue weighted by molar-refractivity contribution is 5.92. The summed E-state index contributed by atoms with van der Waals surface area (Å²) < 4.78 is 2.10. The van der Waals surface area contributed by atoms with Crippen molar-refractivity contribution in [3.05, 3.63) is 60.6 Å². The molecule has 1 aliphatic heterocycles. The maximum absolute atomic E-state index is 4.75. The average molecular weight is 347 g/mol. The lowest BCUT2D eigenvalue weighted by atomic mass is 10.1. The van der Waals surface area contributed by atoms with Crippen LogP contribution in [0, 0.1) is 6.92 Å². The van der Waals surface area contributed by atoms with Gasteiger partial charge >= 0.3 is 0 Å². The van der Waals surface area contributed by atoms with Crippen LogP contribution in [0.5, 0.6) is 0 Å². The molecule has 0 spiro atoms. The van der Waals surface area contributed by atoms with Crippen LogP contribution in [0.2, 0.25) is 0 Å². The van der Waals surface area contributed by atoms with Crippen molar-refractivity contribution in [2.24, 2.45) is 0 Å². The quantitative estimate of drug-likeness (QED) is 0.714. The van der Waals surface area contributed by atoms with Gasteiger partial charge in [-0.2, -0.15) is 5.10 Å². The van der Waals surface area contributed by atoms with Crippen molar-refractivity contribution in [2.45, 2.75) is 13.5 Å². The Kier molecular flexibility index (Phi) is 3.96. The van der Waals surface area contributed by atoms with E-state index in [0.717, 1.165) is 36.0 Å².